The predicted molar refractivity (Wildman–Crippen MR) is 86.7 cm³/mol. The summed E-state index contributed by atoms with van der Waals surface area (Å²) in [5.74, 6) is 11.8. The lowest BCUT2D eigenvalue weighted by Crippen LogP contribution is -2.18. The van der Waals surface area contributed by atoms with Crippen molar-refractivity contribution < 1.29 is 4.92 Å². The Morgan fingerprint density at radius 3 is 2.24 bits per heavy atom. The highest BCUT2D eigenvalue weighted by Crippen LogP contribution is 2.31. The number of nitro benzene ring substituents is 1. The van der Waals surface area contributed by atoms with Gasteiger partial charge in [-0.05, 0) is 31.9 Å². The van der Waals surface area contributed by atoms with Crippen LogP contribution in [0.2, 0.25) is 0 Å². The lowest BCUT2D eigenvalue weighted by molar-refractivity contribution is -0.387. The molecule has 1 aromatic carbocycles. The average Bonchev–Trinajstić information content (AvgIpc) is 2.48. The van der Waals surface area contributed by atoms with E-state index < -0.39 is 0 Å². The van der Waals surface area contributed by atoms with Gasteiger partial charge in [0.1, 0.15) is 4.90 Å². The quantitative estimate of drug-likeness (QED) is 0.333. The van der Waals surface area contributed by atoms with Gasteiger partial charge in [-0.3, -0.25) is 10.1 Å². The molecule has 0 amide bonds. The highest BCUT2D eigenvalue weighted by molar-refractivity contribution is 7.97. The number of para-hydroxylation sites is 1. The first-order chi connectivity index (χ1) is 10.2. The fourth-order valence-electron chi connectivity index (χ4n) is 1.64. The van der Waals surface area contributed by atoms with Crippen LogP contribution in [-0.2, 0) is 0 Å². The zero-order chi connectivity index (χ0) is 15.5. The first-order valence-electron chi connectivity index (χ1n) is 6.64. The van der Waals surface area contributed by atoms with Crippen molar-refractivity contribution in [2.24, 2.45) is 0 Å². The summed E-state index contributed by atoms with van der Waals surface area (Å²) in [5, 5.41) is 11.1. The molecular formula is C16H18N2O2S. The molecule has 0 unspecified atom stereocenters. The van der Waals surface area contributed by atoms with Crippen LogP contribution in [0.15, 0.2) is 29.2 Å². The van der Waals surface area contributed by atoms with Crippen molar-refractivity contribution in [3.63, 3.8) is 0 Å². The van der Waals surface area contributed by atoms with Crippen LogP contribution in [0.4, 0.5) is 5.69 Å². The first kappa shape index (κ1) is 17.1. The molecule has 1 aromatic rings. The lowest BCUT2D eigenvalue weighted by atomic mass is 10.3. The summed E-state index contributed by atoms with van der Waals surface area (Å²) in [5.41, 5.74) is 0.135. The van der Waals surface area contributed by atoms with Crippen LogP contribution in [0.5, 0.6) is 0 Å². The van der Waals surface area contributed by atoms with Crippen molar-refractivity contribution in [2.75, 3.05) is 13.1 Å². The summed E-state index contributed by atoms with van der Waals surface area (Å²) in [6.45, 7) is 5.12. The third-order valence-corrected chi connectivity index (χ3v) is 3.78. The Morgan fingerprint density at radius 1 is 1.14 bits per heavy atom. The van der Waals surface area contributed by atoms with E-state index in [0.29, 0.717) is 4.90 Å². The van der Waals surface area contributed by atoms with E-state index in [2.05, 4.69) is 28.0 Å². The van der Waals surface area contributed by atoms with Gasteiger partial charge >= 0.3 is 0 Å². The number of nitro groups is 1. The standard InChI is InChI=1S/C16H18N2O2S/c1-3-5-9-13-17(14-10-6-4-2)21-16-12-8-7-11-15(16)18(19)20/h7-8,11-12H,9-10,13-14H2,1-2H3. The Bertz CT molecular complexity index is 570. The van der Waals surface area contributed by atoms with Gasteiger partial charge in [0.2, 0.25) is 0 Å². The van der Waals surface area contributed by atoms with E-state index in [1.165, 1.54) is 18.0 Å². The van der Waals surface area contributed by atoms with Gasteiger partial charge in [-0.1, -0.05) is 12.1 Å². The van der Waals surface area contributed by atoms with Gasteiger partial charge in [0.15, 0.2) is 0 Å². The van der Waals surface area contributed by atoms with Crippen LogP contribution < -0.4 is 0 Å². The lowest BCUT2D eigenvalue weighted by Gasteiger charge is -2.18. The Hall–Kier alpha value is -1.95. The third kappa shape index (κ3) is 6.35. The zero-order valence-electron chi connectivity index (χ0n) is 12.3. The monoisotopic (exact) mass is 302 g/mol. The number of benzene rings is 1. The predicted octanol–water partition coefficient (Wildman–Crippen LogP) is 3.73. The van der Waals surface area contributed by atoms with Crippen molar-refractivity contribution in [3.8, 4) is 23.7 Å². The molecule has 0 heterocycles. The molecule has 0 N–H and O–H groups in total. The second-order valence-corrected chi connectivity index (χ2v) is 5.24. The first-order valence-corrected chi connectivity index (χ1v) is 7.42. The minimum Gasteiger partial charge on any atom is -0.258 e. The van der Waals surface area contributed by atoms with Crippen molar-refractivity contribution in [2.45, 2.75) is 31.6 Å². The number of nitrogens with zero attached hydrogens (tertiary/aromatic N) is 2. The number of hydrogen-bond donors (Lipinski definition) is 0. The van der Waals surface area contributed by atoms with E-state index in [0.717, 1.165) is 25.9 Å². The minimum absolute atomic E-state index is 0.135. The summed E-state index contributed by atoms with van der Waals surface area (Å²) in [7, 11) is 0. The minimum atomic E-state index is -0.349. The molecule has 0 aliphatic rings. The molecule has 0 aliphatic heterocycles. The Labute approximate surface area is 130 Å². The molecule has 0 saturated heterocycles. The Morgan fingerprint density at radius 2 is 1.71 bits per heavy atom. The van der Waals surface area contributed by atoms with Gasteiger partial charge in [-0.2, -0.15) is 0 Å². The van der Waals surface area contributed by atoms with E-state index >= 15 is 0 Å². The molecule has 4 nitrogen and oxygen atoms in total. The van der Waals surface area contributed by atoms with Gasteiger partial charge in [0.25, 0.3) is 5.69 Å². The highest BCUT2D eigenvalue weighted by Gasteiger charge is 2.16. The fourth-order valence-corrected chi connectivity index (χ4v) is 2.66. The fraction of sp³-hybridized carbons (Fsp3) is 0.375. The molecule has 0 radical (unpaired) electrons. The summed E-state index contributed by atoms with van der Waals surface area (Å²) >= 11 is 1.40. The van der Waals surface area contributed by atoms with Crippen molar-refractivity contribution >= 4 is 17.6 Å². The van der Waals surface area contributed by atoms with Crippen LogP contribution >= 0.6 is 11.9 Å². The number of rotatable bonds is 7. The van der Waals surface area contributed by atoms with Crippen LogP contribution in [-0.4, -0.2) is 22.3 Å². The van der Waals surface area contributed by atoms with Crippen LogP contribution in [0.1, 0.15) is 26.7 Å². The van der Waals surface area contributed by atoms with E-state index in [4.69, 9.17) is 0 Å². The van der Waals surface area contributed by atoms with Crippen LogP contribution in [0, 0.1) is 33.8 Å². The van der Waals surface area contributed by atoms with Crippen molar-refractivity contribution in [1.82, 2.24) is 4.31 Å². The summed E-state index contributed by atoms with van der Waals surface area (Å²) in [6.07, 6.45) is 1.48. The van der Waals surface area contributed by atoms with E-state index in [9.17, 15) is 10.1 Å². The molecule has 0 aliphatic carbocycles. The summed E-state index contributed by atoms with van der Waals surface area (Å²) in [4.78, 5) is 11.4. The summed E-state index contributed by atoms with van der Waals surface area (Å²) in [6, 6.07) is 6.79. The number of hydrogen-bond acceptors (Lipinski definition) is 4. The second kappa shape index (κ2) is 9.88. The third-order valence-electron chi connectivity index (χ3n) is 2.62. The van der Waals surface area contributed by atoms with Gasteiger partial charge < -0.3 is 0 Å². The highest BCUT2D eigenvalue weighted by atomic mass is 32.2. The smallest absolute Gasteiger partial charge is 0.258 e. The Balaban J connectivity index is 2.79. The summed E-state index contributed by atoms with van der Waals surface area (Å²) < 4.78 is 2.08. The zero-order valence-corrected chi connectivity index (χ0v) is 13.1. The molecule has 1 rings (SSSR count). The van der Waals surface area contributed by atoms with Gasteiger partial charge in [0.05, 0.1) is 4.92 Å². The molecular weight excluding hydrogens is 284 g/mol. The van der Waals surface area contributed by atoms with Crippen molar-refractivity contribution in [1.29, 1.82) is 0 Å². The van der Waals surface area contributed by atoms with Gasteiger partial charge in [-0.15, -0.1) is 23.7 Å². The molecule has 5 heteroatoms. The maximum Gasteiger partial charge on any atom is 0.284 e. The second-order valence-electron chi connectivity index (χ2n) is 4.10. The van der Waals surface area contributed by atoms with Gasteiger partial charge in [-0.25, -0.2) is 4.31 Å². The molecule has 0 aromatic heterocycles. The van der Waals surface area contributed by atoms with E-state index in [1.807, 2.05) is 19.9 Å². The SMILES string of the molecule is CC#CCCN(CCC#CC)Sc1ccccc1[N+](=O)[O-]. The van der Waals surface area contributed by atoms with Gasteiger partial charge in [0, 0.05) is 32.0 Å². The molecule has 0 fully saturated rings. The Kier molecular flexibility index (Phi) is 8.04. The van der Waals surface area contributed by atoms with Crippen molar-refractivity contribution in [3.05, 3.63) is 34.4 Å². The topological polar surface area (TPSA) is 46.4 Å². The van der Waals surface area contributed by atoms with Crippen LogP contribution in [0.3, 0.4) is 0 Å². The molecule has 0 atom stereocenters. The molecule has 110 valence electrons. The molecule has 0 bridgehead atoms. The largest absolute Gasteiger partial charge is 0.284 e. The van der Waals surface area contributed by atoms with E-state index in [-0.39, 0.29) is 10.6 Å². The molecule has 21 heavy (non-hydrogen) atoms. The molecule has 0 spiro atoms. The maximum atomic E-state index is 11.1. The normalized spacial score (nSPS) is 9.48. The molecule has 0 saturated carbocycles. The van der Waals surface area contributed by atoms with Crippen LogP contribution in [0.25, 0.3) is 0 Å². The van der Waals surface area contributed by atoms with E-state index in [1.54, 1.807) is 12.1 Å². The average molecular weight is 302 g/mol. The maximum absolute atomic E-state index is 11.1.